The molecule has 0 radical (unpaired) electrons. The highest BCUT2D eigenvalue weighted by Gasteiger charge is 2.32. The topological polar surface area (TPSA) is 48.1 Å². The maximum absolute atomic E-state index is 12.5. The van der Waals surface area contributed by atoms with E-state index in [1.165, 1.54) is 6.07 Å². The number of para-hydroxylation sites is 1. The highest BCUT2D eigenvalue weighted by atomic mass is 79.9. The standard InChI is InChI=1S/C18H9BrClF3N2O/c19-13-9-15(24)11(8-16(13)26-18(21,22)23)5-7-12-6-4-10-2-1-3-14(20)17(10)25-12/h1-4,6,8-9H,24H2. The molecule has 26 heavy (non-hydrogen) atoms. The molecule has 2 N–H and O–H groups in total. The Bertz CT molecular complexity index is 1060. The van der Waals surface area contributed by atoms with Gasteiger partial charge in [0.15, 0.2) is 0 Å². The summed E-state index contributed by atoms with van der Waals surface area (Å²) in [6, 6.07) is 11.3. The third-order valence-electron chi connectivity index (χ3n) is 3.33. The number of halogens is 5. The van der Waals surface area contributed by atoms with Crippen LogP contribution in [-0.4, -0.2) is 11.3 Å². The highest BCUT2D eigenvalue weighted by molar-refractivity contribution is 9.10. The number of nitrogens with zero attached hydrogens (tertiary/aromatic N) is 1. The number of hydrogen-bond donors (Lipinski definition) is 1. The van der Waals surface area contributed by atoms with Crippen LogP contribution in [0.5, 0.6) is 5.75 Å². The summed E-state index contributed by atoms with van der Waals surface area (Å²) in [4.78, 5) is 4.35. The first kappa shape index (κ1) is 18.4. The number of anilines is 1. The van der Waals surface area contributed by atoms with Gasteiger partial charge in [-0.15, -0.1) is 13.2 Å². The van der Waals surface area contributed by atoms with Crippen LogP contribution >= 0.6 is 27.5 Å². The van der Waals surface area contributed by atoms with Crippen LogP contribution in [0.15, 0.2) is 46.9 Å². The van der Waals surface area contributed by atoms with E-state index < -0.39 is 12.1 Å². The summed E-state index contributed by atoms with van der Waals surface area (Å²) < 4.78 is 41.4. The van der Waals surface area contributed by atoms with Crippen LogP contribution < -0.4 is 10.5 Å². The summed E-state index contributed by atoms with van der Waals surface area (Å²) in [5.74, 6) is 5.07. The largest absolute Gasteiger partial charge is 0.573 e. The molecule has 0 aliphatic rings. The number of ether oxygens (including phenoxy) is 1. The summed E-state index contributed by atoms with van der Waals surface area (Å²) in [7, 11) is 0. The van der Waals surface area contributed by atoms with Crippen molar-refractivity contribution in [3.63, 3.8) is 0 Å². The van der Waals surface area contributed by atoms with Crippen LogP contribution in [0.3, 0.4) is 0 Å². The van der Waals surface area contributed by atoms with Crippen LogP contribution in [0.2, 0.25) is 5.02 Å². The summed E-state index contributed by atoms with van der Waals surface area (Å²) in [5, 5.41) is 1.34. The Kier molecular flexibility index (Phi) is 4.99. The molecule has 2 aromatic carbocycles. The molecule has 1 heterocycles. The van der Waals surface area contributed by atoms with E-state index in [0.29, 0.717) is 16.2 Å². The number of fused-ring (bicyclic) bond motifs is 1. The molecular weight excluding hydrogens is 433 g/mol. The van der Waals surface area contributed by atoms with Gasteiger partial charge in [0, 0.05) is 11.1 Å². The zero-order valence-electron chi connectivity index (χ0n) is 12.9. The van der Waals surface area contributed by atoms with Crippen molar-refractivity contribution in [2.45, 2.75) is 6.36 Å². The first-order valence-corrected chi connectivity index (χ1v) is 8.32. The van der Waals surface area contributed by atoms with E-state index in [-0.39, 0.29) is 15.7 Å². The third-order valence-corrected chi connectivity index (χ3v) is 4.25. The van der Waals surface area contributed by atoms with E-state index in [0.717, 1.165) is 11.5 Å². The fourth-order valence-electron chi connectivity index (χ4n) is 2.19. The van der Waals surface area contributed by atoms with Gasteiger partial charge in [0.1, 0.15) is 11.4 Å². The molecule has 0 unspecified atom stereocenters. The number of pyridine rings is 1. The van der Waals surface area contributed by atoms with Gasteiger partial charge < -0.3 is 10.5 Å². The molecule has 0 atom stereocenters. The van der Waals surface area contributed by atoms with E-state index in [1.54, 1.807) is 18.2 Å². The Morgan fingerprint density at radius 2 is 1.88 bits per heavy atom. The first-order chi connectivity index (χ1) is 12.2. The molecule has 132 valence electrons. The molecular formula is C18H9BrClF3N2O. The number of benzene rings is 2. The van der Waals surface area contributed by atoms with Crippen molar-refractivity contribution in [3.05, 3.63) is 63.2 Å². The van der Waals surface area contributed by atoms with Crippen LogP contribution in [0.4, 0.5) is 18.9 Å². The second-order valence-corrected chi connectivity index (χ2v) is 6.44. The normalized spacial score (nSPS) is 11.1. The van der Waals surface area contributed by atoms with Gasteiger partial charge in [0.25, 0.3) is 0 Å². The maximum Gasteiger partial charge on any atom is 0.573 e. The molecule has 0 saturated carbocycles. The van der Waals surface area contributed by atoms with Gasteiger partial charge in [-0.1, -0.05) is 29.7 Å². The minimum atomic E-state index is -4.82. The van der Waals surface area contributed by atoms with Crippen molar-refractivity contribution in [1.29, 1.82) is 0 Å². The third kappa shape index (κ3) is 4.21. The molecule has 3 rings (SSSR count). The minimum absolute atomic E-state index is 0.0773. The Labute approximate surface area is 160 Å². The molecule has 0 aliphatic heterocycles. The lowest BCUT2D eigenvalue weighted by Crippen LogP contribution is -2.17. The molecule has 0 bridgehead atoms. The minimum Gasteiger partial charge on any atom is -0.405 e. The first-order valence-electron chi connectivity index (χ1n) is 7.15. The molecule has 0 amide bonds. The van der Waals surface area contributed by atoms with Crippen LogP contribution in [-0.2, 0) is 0 Å². The van der Waals surface area contributed by atoms with E-state index >= 15 is 0 Å². The Hall–Kier alpha value is -2.43. The summed E-state index contributed by atoms with van der Waals surface area (Å²) >= 11 is 9.10. The van der Waals surface area contributed by atoms with Crippen molar-refractivity contribution in [2.75, 3.05) is 5.73 Å². The lowest BCUT2D eigenvalue weighted by atomic mass is 10.1. The number of alkyl halides is 3. The Morgan fingerprint density at radius 1 is 1.12 bits per heavy atom. The van der Waals surface area contributed by atoms with Crippen LogP contribution in [0, 0.1) is 11.8 Å². The average molecular weight is 442 g/mol. The zero-order valence-corrected chi connectivity index (χ0v) is 15.2. The maximum atomic E-state index is 12.5. The lowest BCUT2D eigenvalue weighted by Gasteiger charge is -2.11. The van der Waals surface area contributed by atoms with Gasteiger partial charge in [0.05, 0.1) is 20.6 Å². The smallest absolute Gasteiger partial charge is 0.405 e. The number of nitrogens with two attached hydrogens (primary N) is 1. The van der Waals surface area contributed by atoms with Crippen molar-refractivity contribution in [3.8, 4) is 17.6 Å². The van der Waals surface area contributed by atoms with E-state index in [1.807, 2.05) is 12.1 Å². The Morgan fingerprint density at radius 3 is 2.62 bits per heavy atom. The van der Waals surface area contributed by atoms with Gasteiger partial charge in [-0.25, -0.2) is 4.98 Å². The molecule has 0 saturated heterocycles. The molecule has 8 heteroatoms. The van der Waals surface area contributed by atoms with Gasteiger partial charge in [-0.2, -0.15) is 0 Å². The fourth-order valence-corrected chi connectivity index (χ4v) is 2.86. The summed E-state index contributed by atoms with van der Waals surface area (Å²) in [6.45, 7) is 0. The van der Waals surface area contributed by atoms with Crippen molar-refractivity contribution < 1.29 is 17.9 Å². The highest BCUT2D eigenvalue weighted by Crippen LogP contribution is 2.33. The summed E-state index contributed by atoms with van der Waals surface area (Å²) in [5.41, 5.74) is 7.21. The summed E-state index contributed by atoms with van der Waals surface area (Å²) in [6.07, 6.45) is -4.82. The van der Waals surface area contributed by atoms with E-state index in [9.17, 15) is 13.2 Å². The monoisotopic (exact) mass is 440 g/mol. The molecule has 0 aliphatic carbocycles. The predicted octanol–water partition coefficient (Wildman–Crippen LogP) is 5.53. The van der Waals surface area contributed by atoms with Crippen molar-refractivity contribution >= 4 is 44.1 Å². The van der Waals surface area contributed by atoms with E-state index in [4.69, 9.17) is 17.3 Å². The number of nitrogen functional groups attached to an aromatic ring is 1. The van der Waals surface area contributed by atoms with Crippen LogP contribution in [0.25, 0.3) is 10.9 Å². The molecule has 0 spiro atoms. The van der Waals surface area contributed by atoms with E-state index in [2.05, 4.69) is 37.5 Å². The molecule has 0 fully saturated rings. The SMILES string of the molecule is Nc1cc(Br)c(OC(F)(F)F)cc1C#Cc1ccc2cccc(Cl)c2n1. The second kappa shape index (κ2) is 7.06. The zero-order chi connectivity index (χ0) is 18.9. The number of aromatic nitrogens is 1. The average Bonchev–Trinajstić information content (AvgIpc) is 2.56. The predicted molar refractivity (Wildman–Crippen MR) is 98.0 cm³/mol. The van der Waals surface area contributed by atoms with Gasteiger partial charge in [0.2, 0.25) is 0 Å². The Balaban J connectivity index is 1.99. The second-order valence-electron chi connectivity index (χ2n) is 5.18. The molecule has 1 aromatic heterocycles. The van der Waals surface area contributed by atoms with Gasteiger partial charge in [-0.05, 0) is 52.2 Å². The molecule has 3 aromatic rings. The lowest BCUT2D eigenvalue weighted by molar-refractivity contribution is -0.274. The van der Waals surface area contributed by atoms with Crippen molar-refractivity contribution in [1.82, 2.24) is 4.98 Å². The fraction of sp³-hybridized carbons (Fsp3) is 0.0556. The van der Waals surface area contributed by atoms with Gasteiger partial charge >= 0.3 is 6.36 Å². The van der Waals surface area contributed by atoms with Crippen LogP contribution in [0.1, 0.15) is 11.3 Å². The number of rotatable bonds is 1. The van der Waals surface area contributed by atoms with Crippen molar-refractivity contribution in [2.24, 2.45) is 0 Å². The number of hydrogen-bond acceptors (Lipinski definition) is 3. The van der Waals surface area contributed by atoms with Gasteiger partial charge in [-0.3, -0.25) is 0 Å². The quantitative estimate of drug-likeness (QED) is 0.399. The molecule has 3 nitrogen and oxygen atoms in total.